The van der Waals surface area contributed by atoms with E-state index in [1.54, 1.807) is 7.11 Å². The molecule has 0 radical (unpaired) electrons. The van der Waals surface area contributed by atoms with Crippen LogP contribution in [0.4, 0.5) is 0 Å². The second-order valence-corrected chi connectivity index (χ2v) is 4.10. The molecule has 0 aliphatic rings. The molecule has 0 amide bonds. The second-order valence-electron chi connectivity index (χ2n) is 4.10. The van der Waals surface area contributed by atoms with Crippen LogP contribution in [0.25, 0.3) is 0 Å². The first kappa shape index (κ1) is 15.8. The van der Waals surface area contributed by atoms with E-state index >= 15 is 0 Å². The SMILES string of the molecule is CCCNC(COC)COCCOC(C)C. The molecule has 4 nitrogen and oxygen atoms in total. The minimum absolute atomic E-state index is 0.275. The lowest BCUT2D eigenvalue weighted by Crippen LogP contribution is -2.38. The predicted octanol–water partition coefficient (Wildman–Crippen LogP) is 1.44. The molecule has 0 fully saturated rings. The highest BCUT2D eigenvalue weighted by molar-refractivity contribution is 4.64. The van der Waals surface area contributed by atoms with Crippen molar-refractivity contribution in [1.29, 1.82) is 0 Å². The third kappa shape index (κ3) is 10.4. The molecular formula is C12H27NO3. The lowest BCUT2D eigenvalue weighted by atomic mass is 10.3. The van der Waals surface area contributed by atoms with Crippen LogP contribution in [-0.4, -0.2) is 52.2 Å². The highest BCUT2D eigenvalue weighted by Crippen LogP contribution is 1.91. The van der Waals surface area contributed by atoms with E-state index in [0.717, 1.165) is 13.0 Å². The van der Waals surface area contributed by atoms with Crippen LogP contribution in [-0.2, 0) is 14.2 Å². The number of ether oxygens (including phenoxy) is 3. The van der Waals surface area contributed by atoms with Crippen molar-refractivity contribution in [3.05, 3.63) is 0 Å². The van der Waals surface area contributed by atoms with Gasteiger partial charge in [-0.2, -0.15) is 0 Å². The molecule has 0 aliphatic carbocycles. The molecular weight excluding hydrogens is 206 g/mol. The zero-order valence-electron chi connectivity index (χ0n) is 11.1. The summed E-state index contributed by atoms with van der Waals surface area (Å²) in [5.41, 5.74) is 0. The van der Waals surface area contributed by atoms with Crippen molar-refractivity contribution in [2.24, 2.45) is 0 Å². The topological polar surface area (TPSA) is 39.7 Å². The van der Waals surface area contributed by atoms with E-state index in [0.29, 0.717) is 26.4 Å². The van der Waals surface area contributed by atoms with Crippen LogP contribution in [0.2, 0.25) is 0 Å². The van der Waals surface area contributed by atoms with E-state index in [-0.39, 0.29) is 12.1 Å². The van der Waals surface area contributed by atoms with Gasteiger partial charge in [0.1, 0.15) is 0 Å². The Bertz CT molecular complexity index is 142. The van der Waals surface area contributed by atoms with Crippen LogP contribution < -0.4 is 5.32 Å². The summed E-state index contributed by atoms with van der Waals surface area (Å²) in [5, 5.41) is 3.38. The van der Waals surface area contributed by atoms with Gasteiger partial charge >= 0.3 is 0 Å². The van der Waals surface area contributed by atoms with Crippen LogP contribution in [0.1, 0.15) is 27.2 Å². The summed E-state index contributed by atoms with van der Waals surface area (Å²) >= 11 is 0. The smallest absolute Gasteiger partial charge is 0.0703 e. The van der Waals surface area contributed by atoms with Crippen molar-refractivity contribution in [1.82, 2.24) is 5.32 Å². The summed E-state index contributed by atoms with van der Waals surface area (Å²) in [5.74, 6) is 0. The summed E-state index contributed by atoms with van der Waals surface area (Å²) in [6, 6.07) is 0.281. The molecule has 0 aromatic carbocycles. The molecule has 1 N–H and O–H groups in total. The summed E-state index contributed by atoms with van der Waals surface area (Å²) in [7, 11) is 1.71. The van der Waals surface area contributed by atoms with Gasteiger partial charge in [0.15, 0.2) is 0 Å². The van der Waals surface area contributed by atoms with Crippen molar-refractivity contribution in [3.63, 3.8) is 0 Å². The molecule has 0 aliphatic heterocycles. The van der Waals surface area contributed by atoms with Crippen molar-refractivity contribution >= 4 is 0 Å². The van der Waals surface area contributed by atoms with Gasteiger partial charge in [-0.25, -0.2) is 0 Å². The zero-order chi connectivity index (χ0) is 12.2. The summed E-state index contributed by atoms with van der Waals surface area (Å²) < 4.78 is 16.0. The van der Waals surface area contributed by atoms with Gasteiger partial charge in [-0.1, -0.05) is 6.92 Å². The number of hydrogen-bond donors (Lipinski definition) is 1. The van der Waals surface area contributed by atoms with Crippen LogP contribution in [0, 0.1) is 0 Å². The molecule has 1 atom stereocenters. The van der Waals surface area contributed by atoms with Crippen molar-refractivity contribution in [3.8, 4) is 0 Å². The Kier molecular flexibility index (Phi) is 11.2. The molecule has 0 saturated carbocycles. The summed E-state index contributed by atoms with van der Waals surface area (Å²) in [6.07, 6.45) is 1.40. The molecule has 1 unspecified atom stereocenters. The van der Waals surface area contributed by atoms with E-state index < -0.39 is 0 Å². The lowest BCUT2D eigenvalue weighted by Gasteiger charge is -2.17. The van der Waals surface area contributed by atoms with Gasteiger partial charge in [0.25, 0.3) is 0 Å². The predicted molar refractivity (Wildman–Crippen MR) is 65.9 cm³/mol. The third-order valence-electron chi connectivity index (χ3n) is 2.05. The molecule has 0 aromatic rings. The molecule has 0 spiro atoms. The lowest BCUT2D eigenvalue weighted by molar-refractivity contribution is 0.00696. The fraction of sp³-hybridized carbons (Fsp3) is 1.00. The van der Waals surface area contributed by atoms with Gasteiger partial charge in [0.2, 0.25) is 0 Å². The Morgan fingerprint density at radius 2 is 1.88 bits per heavy atom. The van der Waals surface area contributed by atoms with Gasteiger partial charge < -0.3 is 19.5 Å². The van der Waals surface area contributed by atoms with Crippen LogP contribution in [0.5, 0.6) is 0 Å². The van der Waals surface area contributed by atoms with Crippen LogP contribution in [0.15, 0.2) is 0 Å². The van der Waals surface area contributed by atoms with Crippen molar-refractivity contribution < 1.29 is 14.2 Å². The molecule has 0 heterocycles. The van der Waals surface area contributed by atoms with E-state index in [1.165, 1.54) is 0 Å². The van der Waals surface area contributed by atoms with E-state index in [2.05, 4.69) is 12.2 Å². The first-order chi connectivity index (χ1) is 7.70. The second kappa shape index (κ2) is 11.3. The Morgan fingerprint density at radius 1 is 1.12 bits per heavy atom. The highest BCUT2D eigenvalue weighted by atomic mass is 16.5. The van der Waals surface area contributed by atoms with Crippen LogP contribution in [0.3, 0.4) is 0 Å². The maximum absolute atomic E-state index is 5.53. The molecule has 0 saturated heterocycles. The number of methoxy groups -OCH3 is 1. The monoisotopic (exact) mass is 233 g/mol. The molecule has 0 bridgehead atoms. The number of nitrogens with one attached hydrogen (secondary N) is 1. The fourth-order valence-corrected chi connectivity index (χ4v) is 1.28. The average molecular weight is 233 g/mol. The van der Waals surface area contributed by atoms with E-state index in [1.807, 2.05) is 13.8 Å². The van der Waals surface area contributed by atoms with Gasteiger partial charge in [0, 0.05) is 7.11 Å². The quantitative estimate of drug-likeness (QED) is 0.548. The zero-order valence-corrected chi connectivity index (χ0v) is 11.1. The first-order valence-corrected chi connectivity index (χ1v) is 6.12. The first-order valence-electron chi connectivity index (χ1n) is 6.12. The summed E-state index contributed by atoms with van der Waals surface area (Å²) in [4.78, 5) is 0. The van der Waals surface area contributed by atoms with E-state index in [4.69, 9.17) is 14.2 Å². The minimum atomic E-state index is 0.275. The van der Waals surface area contributed by atoms with Gasteiger partial charge in [-0.3, -0.25) is 0 Å². The maximum Gasteiger partial charge on any atom is 0.0703 e. The number of rotatable bonds is 11. The van der Waals surface area contributed by atoms with Gasteiger partial charge in [-0.15, -0.1) is 0 Å². The fourth-order valence-electron chi connectivity index (χ4n) is 1.28. The van der Waals surface area contributed by atoms with Crippen molar-refractivity contribution in [2.45, 2.75) is 39.3 Å². The van der Waals surface area contributed by atoms with E-state index in [9.17, 15) is 0 Å². The Morgan fingerprint density at radius 3 is 2.44 bits per heavy atom. The Balaban J connectivity index is 3.43. The Labute approximate surface area is 99.6 Å². The normalized spacial score (nSPS) is 13.3. The van der Waals surface area contributed by atoms with Gasteiger partial charge in [-0.05, 0) is 26.8 Å². The highest BCUT2D eigenvalue weighted by Gasteiger charge is 2.06. The number of hydrogen-bond acceptors (Lipinski definition) is 4. The minimum Gasteiger partial charge on any atom is -0.383 e. The average Bonchev–Trinajstić information content (AvgIpc) is 2.24. The molecule has 0 rings (SSSR count). The van der Waals surface area contributed by atoms with Gasteiger partial charge in [0.05, 0.1) is 38.6 Å². The molecule has 0 aromatic heterocycles. The molecule has 16 heavy (non-hydrogen) atoms. The maximum atomic E-state index is 5.53. The largest absolute Gasteiger partial charge is 0.383 e. The third-order valence-corrected chi connectivity index (χ3v) is 2.05. The Hall–Kier alpha value is -0.160. The van der Waals surface area contributed by atoms with Crippen LogP contribution >= 0.6 is 0 Å². The summed E-state index contributed by atoms with van der Waals surface area (Å²) in [6.45, 7) is 9.86. The standard InChI is InChI=1S/C12H27NO3/c1-5-6-13-12(9-14-4)10-15-7-8-16-11(2)3/h11-13H,5-10H2,1-4H3. The molecule has 98 valence electrons. The molecule has 4 heteroatoms. The van der Waals surface area contributed by atoms with Crippen molar-refractivity contribution in [2.75, 3.05) is 40.1 Å².